The van der Waals surface area contributed by atoms with Crippen molar-refractivity contribution in [1.82, 2.24) is 0 Å². The molecule has 1 aromatic rings. The molecule has 0 aliphatic heterocycles. The highest BCUT2D eigenvalue weighted by Gasteiger charge is 2.38. The Bertz CT molecular complexity index is 653. The van der Waals surface area contributed by atoms with Crippen LogP contribution >= 0.6 is 0 Å². The van der Waals surface area contributed by atoms with Crippen LogP contribution in [-0.2, 0) is 14.6 Å². The number of rotatable bonds is 6. The molecule has 0 spiro atoms. The van der Waals surface area contributed by atoms with Crippen LogP contribution in [0.1, 0.15) is 13.3 Å². The van der Waals surface area contributed by atoms with E-state index in [0.29, 0.717) is 0 Å². The number of aliphatic hydroxyl groups excluding tert-OH is 1. The first-order valence-corrected chi connectivity index (χ1v) is 8.07. The second-order valence-corrected chi connectivity index (χ2v) is 7.31. The molecule has 130 valence electrons. The summed E-state index contributed by atoms with van der Waals surface area (Å²) in [7, 11) is -3.78. The molecule has 23 heavy (non-hydrogen) atoms. The van der Waals surface area contributed by atoms with Gasteiger partial charge in [0.25, 0.3) is 0 Å². The molecule has 0 radical (unpaired) electrons. The highest BCUT2D eigenvalue weighted by molar-refractivity contribution is 7.91. The fourth-order valence-electron chi connectivity index (χ4n) is 1.50. The lowest BCUT2D eigenvalue weighted by molar-refractivity contribution is -0.167. The fourth-order valence-corrected chi connectivity index (χ4v) is 2.99. The van der Waals surface area contributed by atoms with Gasteiger partial charge in [-0.05, 0) is 37.6 Å². The summed E-state index contributed by atoms with van der Waals surface area (Å²) in [5, 5.41) is 20.0. The number of aliphatic hydroxyl groups is 2. The van der Waals surface area contributed by atoms with E-state index >= 15 is 0 Å². The zero-order chi connectivity index (χ0) is 17.9. The van der Waals surface area contributed by atoms with E-state index in [0.717, 1.165) is 24.3 Å². The molecule has 0 heterocycles. The molecule has 0 aromatic heterocycles. The number of alkyl halides is 3. The number of carbonyl (C=O) groups excluding carboxylic acids is 1. The molecule has 1 amide bonds. The van der Waals surface area contributed by atoms with Gasteiger partial charge in [0.05, 0.1) is 22.9 Å². The zero-order valence-electron chi connectivity index (χ0n) is 12.1. The number of hydrogen-bond donors (Lipinski definition) is 3. The van der Waals surface area contributed by atoms with Crippen molar-refractivity contribution < 1.29 is 36.6 Å². The molecule has 0 fully saturated rings. The van der Waals surface area contributed by atoms with Gasteiger partial charge in [-0.15, -0.1) is 0 Å². The van der Waals surface area contributed by atoms with Crippen LogP contribution in [0.3, 0.4) is 0 Å². The van der Waals surface area contributed by atoms with Gasteiger partial charge in [-0.2, -0.15) is 13.2 Å². The number of amides is 1. The van der Waals surface area contributed by atoms with E-state index in [1.165, 1.54) is 6.92 Å². The Balaban J connectivity index is 2.81. The van der Waals surface area contributed by atoms with Gasteiger partial charge in [0.2, 0.25) is 0 Å². The Morgan fingerprint density at radius 2 is 1.74 bits per heavy atom. The van der Waals surface area contributed by atoms with E-state index in [1.54, 1.807) is 5.32 Å². The first-order valence-electron chi connectivity index (χ1n) is 6.42. The van der Waals surface area contributed by atoms with Crippen molar-refractivity contribution in [3.05, 3.63) is 24.3 Å². The predicted molar refractivity (Wildman–Crippen MR) is 75.5 cm³/mol. The van der Waals surface area contributed by atoms with Crippen LogP contribution in [0.15, 0.2) is 29.2 Å². The first-order chi connectivity index (χ1) is 10.4. The number of halogens is 3. The largest absolute Gasteiger partial charge is 0.471 e. The van der Waals surface area contributed by atoms with Crippen LogP contribution in [0.5, 0.6) is 0 Å². The molecular formula is C13H16F3NO5S. The van der Waals surface area contributed by atoms with Gasteiger partial charge in [-0.25, -0.2) is 8.42 Å². The molecule has 0 saturated heterocycles. The maximum absolute atomic E-state index is 12.1. The monoisotopic (exact) mass is 355 g/mol. The smallest absolute Gasteiger partial charge is 0.393 e. The lowest BCUT2D eigenvalue weighted by Gasteiger charge is -2.19. The van der Waals surface area contributed by atoms with Crippen LogP contribution in [0.25, 0.3) is 0 Å². The molecular weight excluding hydrogens is 339 g/mol. The van der Waals surface area contributed by atoms with Crippen molar-refractivity contribution in [3.8, 4) is 0 Å². The zero-order valence-corrected chi connectivity index (χ0v) is 12.9. The van der Waals surface area contributed by atoms with Crippen molar-refractivity contribution in [1.29, 1.82) is 0 Å². The Morgan fingerprint density at radius 1 is 1.22 bits per heavy atom. The fraction of sp³-hybridized carbons (Fsp3) is 0.462. The number of anilines is 1. The lowest BCUT2D eigenvalue weighted by Crippen LogP contribution is -2.31. The molecule has 1 unspecified atom stereocenters. The summed E-state index contributed by atoms with van der Waals surface area (Å²) in [6.07, 6.45) is -5.25. The molecule has 6 nitrogen and oxygen atoms in total. The van der Waals surface area contributed by atoms with Crippen LogP contribution in [-0.4, -0.2) is 48.7 Å². The van der Waals surface area contributed by atoms with Gasteiger partial charge in [0.15, 0.2) is 9.84 Å². The highest BCUT2D eigenvalue weighted by Crippen LogP contribution is 2.21. The molecule has 0 saturated carbocycles. The van der Waals surface area contributed by atoms with Gasteiger partial charge in [0, 0.05) is 5.69 Å². The number of hydrogen-bond acceptors (Lipinski definition) is 5. The van der Waals surface area contributed by atoms with Gasteiger partial charge < -0.3 is 15.5 Å². The molecule has 0 bridgehead atoms. The van der Waals surface area contributed by atoms with Crippen LogP contribution in [0.2, 0.25) is 0 Å². The van der Waals surface area contributed by atoms with E-state index in [4.69, 9.17) is 5.11 Å². The van der Waals surface area contributed by atoms with Crippen molar-refractivity contribution >= 4 is 21.4 Å². The maximum Gasteiger partial charge on any atom is 0.471 e. The Morgan fingerprint density at radius 3 is 2.17 bits per heavy atom. The SMILES string of the molecule is CC(O)(CO)CCS(=O)(=O)c1ccc(NC(=O)C(F)(F)F)cc1. The van der Waals surface area contributed by atoms with E-state index in [-0.39, 0.29) is 17.0 Å². The first kappa shape index (κ1) is 19.4. The summed E-state index contributed by atoms with van der Waals surface area (Å²) in [5.41, 5.74) is -1.75. The van der Waals surface area contributed by atoms with Crippen molar-refractivity contribution in [2.24, 2.45) is 0 Å². The minimum atomic E-state index is -5.04. The minimum Gasteiger partial charge on any atom is -0.393 e. The Hall–Kier alpha value is -1.65. The third kappa shape index (κ3) is 5.81. The lowest BCUT2D eigenvalue weighted by atomic mass is 10.1. The molecule has 1 rings (SSSR count). The second kappa shape index (κ2) is 6.85. The second-order valence-electron chi connectivity index (χ2n) is 5.20. The minimum absolute atomic E-state index is 0.170. The summed E-state index contributed by atoms with van der Waals surface area (Å²) >= 11 is 0. The van der Waals surface area contributed by atoms with Gasteiger partial charge in [0.1, 0.15) is 0 Å². The topological polar surface area (TPSA) is 104 Å². The van der Waals surface area contributed by atoms with Crippen molar-refractivity contribution in [3.63, 3.8) is 0 Å². The predicted octanol–water partition coefficient (Wildman–Crippen LogP) is 1.09. The number of carbonyl (C=O) groups is 1. The molecule has 1 atom stereocenters. The quantitative estimate of drug-likeness (QED) is 0.709. The molecule has 3 N–H and O–H groups in total. The van der Waals surface area contributed by atoms with E-state index in [2.05, 4.69) is 0 Å². The normalized spacial score (nSPS) is 15.0. The number of sulfone groups is 1. The molecule has 10 heteroatoms. The summed E-state index contributed by atoms with van der Waals surface area (Å²) in [6.45, 7) is 0.670. The highest BCUT2D eigenvalue weighted by atomic mass is 32.2. The summed E-state index contributed by atoms with van der Waals surface area (Å²) in [5.74, 6) is -2.61. The van der Waals surface area contributed by atoms with Gasteiger partial charge in [-0.3, -0.25) is 4.79 Å². The average molecular weight is 355 g/mol. The number of nitrogens with one attached hydrogen (secondary N) is 1. The standard InChI is InChI=1S/C13H16F3NO5S/c1-12(20,8-18)6-7-23(21,22)10-4-2-9(3-5-10)17-11(19)13(14,15)16/h2-5,18,20H,6-8H2,1H3,(H,17,19). The van der Waals surface area contributed by atoms with Gasteiger partial charge >= 0.3 is 12.1 Å². The van der Waals surface area contributed by atoms with Crippen LogP contribution in [0.4, 0.5) is 18.9 Å². The van der Waals surface area contributed by atoms with E-state index in [1.807, 2.05) is 0 Å². The Labute approximate surface area is 130 Å². The molecule has 1 aromatic carbocycles. The van der Waals surface area contributed by atoms with Crippen LogP contribution < -0.4 is 5.32 Å². The Kier molecular flexibility index (Phi) is 5.78. The summed E-state index contributed by atoms with van der Waals surface area (Å²) in [4.78, 5) is 10.6. The third-order valence-corrected chi connectivity index (χ3v) is 4.71. The van der Waals surface area contributed by atoms with Crippen molar-refractivity contribution in [2.45, 2.75) is 30.0 Å². The summed E-state index contributed by atoms with van der Waals surface area (Å²) in [6, 6.07) is 4.16. The summed E-state index contributed by atoms with van der Waals surface area (Å²) < 4.78 is 60.3. The third-order valence-electron chi connectivity index (χ3n) is 2.98. The maximum atomic E-state index is 12.1. The molecule has 0 aliphatic carbocycles. The van der Waals surface area contributed by atoms with E-state index in [9.17, 15) is 31.5 Å². The van der Waals surface area contributed by atoms with Gasteiger partial charge in [-0.1, -0.05) is 0 Å². The van der Waals surface area contributed by atoms with E-state index < -0.39 is 39.9 Å². The van der Waals surface area contributed by atoms with Crippen molar-refractivity contribution in [2.75, 3.05) is 17.7 Å². The molecule has 0 aliphatic rings. The average Bonchev–Trinajstić information content (AvgIpc) is 2.45. The number of benzene rings is 1. The van der Waals surface area contributed by atoms with Crippen LogP contribution in [0, 0.1) is 0 Å².